The Hall–Kier alpha value is -2.47. The van der Waals surface area contributed by atoms with Crippen molar-refractivity contribution in [1.29, 1.82) is 0 Å². The molecule has 0 aliphatic carbocycles. The van der Waals surface area contributed by atoms with Crippen LogP contribution in [0.25, 0.3) is 0 Å². The second kappa shape index (κ2) is 8.24. The molecule has 0 spiro atoms. The zero-order valence-corrected chi connectivity index (χ0v) is 13.9. The normalized spacial score (nSPS) is 10.7. The third-order valence-electron chi connectivity index (χ3n) is 3.17. The fourth-order valence-corrected chi connectivity index (χ4v) is 2.48. The molecule has 2 N–H and O–H groups in total. The van der Waals surface area contributed by atoms with E-state index in [9.17, 15) is 9.59 Å². The standard InChI is InChI=1S/C17H19N3O2S/c1-12-5-6-13(2)15(10-12)19-16(21)7-8-17(22)20-18-11-14-4-3-9-23-14/h3-6,9-11H,7-8H2,1-2H3,(H,19,21)(H,20,22). The Labute approximate surface area is 139 Å². The van der Waals surface area contributed by atoms with Crippen LogP contribution in [0.5, 0.6) is 0 Å². The Bertz CT molecular complexity index is 709. The number of nitrogens with one attached hydrogen (secondary N) is 2. The molecule has 2 amide bonds. The summed E-state index contributed by atoms with van der Waals surface area (Å²) in [4.78, 5) is 24.5. The first-order valence-corrected chi connectivity index (χ1v) is 8.15. The van der Waals surface area contributed by atoms with E-state index < -0.39 is 0 Å². The molecule has 2 rings (SSSR count). The van der Waals surface area contributed by atoms with Gasteiger partial charge in [-0.25, -0.2) is 5.43 Å². The molecule has 23 heavy (non-hydrogen) atoms. The van der Waals surface area contributed by atoms with Crippen molar-refractivity contribution in [3.05, 3.63) is 51.7 Å². The smallest absolute Gasteiger partial charge is 0.240 e. The van der Waals surface area contributed by atoms with Crippen LogP contribution in [0.4, 0.5) is 5.69 Å². The van der Waals surface area contributed by atoms with E-state index in [2.05, 4.69) is 15.8 Å². The SMILES string of the molecule is Cc1ccc(C)c(NC(=O)CCC(=O)NN=Cc2cccs2)c1. The lowest BCUT2D eigenvalue weighted by molar-refractivity contribution is -0.124. The molecule has 2 aromatic rings. The molecule has 0 atom stereocenters. The van der Waals surface area contributed by atoms with E-state index in [1.54, 1.807) is 6.21 Å². The zero-order valence-electron chi connectivity index (χ0n) is 13.1. The molecule has 1 heterocycles. The molecular weight excluding hydrogens is 310 g/mol. The number of hydrazone groups is 1. The summed E-state index contributed by atoms with van der Waals surface area (Å²) in [6.45, 7) is 3.90. The molecule has 0 radical (unpaired) electrons. The average Bonchev–Trinajstić information content (AvgIpc) is 3.02. The van der Waals surface area contributed by atoms with Crippen molar-refractivity contribution < 1.29 is 9.59 Å². The van der Waals surface area contributed by atoms with Gasteiger partial charge in [-0.15, -0.1) is 11.3 Å². The number of rotatable bonds is 6. The number of amides is 2. The number of thiophene rings is 1. The van der Waals surface area contributed by atoms with E-state index in [-0.39, 0.29) is 24.7 Å². The van der Waals surface area contributed by atoms with Crippen molar-refractivity contribution in [2.24, 2.45) is 5.10 Å². The number of carbonyl (C=O) groups excluding carboxylic acids is 2. The van der Waals surface area contributed by atoms with Crippen molar-refractivity contribution in [2.45, 2.75) is 26.7 Å². The molecule has 5 nitrogen and oxygen atoms in total. The second-order valence-corrected chi connectivity index (χ2v) is 6.15. The van der Waals surface area contributed by atoms with Gasteiger partial charge < -0.3 is 5.32 Å². The molecule has 6 heteroatoms. The van der Waals surface area contributed by atoms with Gasteiger partial charge in [0.1, 0.15) is 0 Å². The summed E-state index contributed by atoms with van der Waals surface area (Å²) in [5.74, 6) is -0.468. The fourth-order valence-electron chi connectivity index (χ4n) is 1.90. The van der Waals surface area contributed by atoms with Crippen LogP contribution in [0, 0.1) is 13.8 Å². The van der Waals surface area contributed by atoms with E-state index in [1.807, 2.05) is 49.6 Å². The van der Waals surface area contributed by atoms with Crippen molar-refractivity contribution in [1.82, 2.24) is 5.43 Å². The quantitative estimate of drug-likeness (QED) is 0.631. The number of hydrogen-bond acceptors (Lipinski definition) is 4. The first-order chi connectivity index (χ1) is 11.0. The maximum Gasteiger partial charge on any atom is 0.240 e. The number of aryl methyl sites for hydroxylation is 2. The lowest BCUT2D eigenvalue weighted by Crippen LogP contribution is -2.20. The van der Waals surface area contributed by atoms with Crippen LogP contribution in [-0.2, 0) is 9.59 Å². The molecule has 0 bridgehead atoms. The first kappa shape index (κ1) is 16.9. The molecule has 0 unspecified atom stereocenters. The molecule has 0 aliphatic rings. The predicted octanol–water partition coefficient (Wildman–Crippen LogP) is 3.23. The lowest BCUT2D eigenvalue weighted by atomic mass is 10.1. The Kier molecular flexibility index (Phi) is 6.05. The highest BCUT2D eigenvalue weighted by Crippen LogP contribution is 2.16. The molecule has 0 fully saturated rings. The largest absolute Gasteiger partial charge is 0.326 e. The Morgan fingerprint density at radius 1 is 1.17 bits per heavy atom. The van der Waals surface area contributed by atoms with Gasteiger partial charge in [-0.1, -0.05) is 18.2 Å². The highest BCUT2D eigenvalue weighted by molar-refractivity contribution is 7.11. The molecule has 0 aliphatic heterocycles. The summed E-state index contributed by atoms with van der Waals surface area (Å²) < 4.78 is 0. The van der Waals surface area contributed by atoms with Crippen LogP contribution in [0.2, 0.25) is 0 Å². The van der Waals surface area contributed by atoms with Gasteiger partial charge in [-0.3, -0.25) is 9.59 Å². The van der Waals surface area contributed by atoms with Gasteiger partial charge in [0, 0.05) is 23.4 Å². The van der Waals surface area contributed by atoms with Crippen molar-refractivity contribution in [3.8, 4) is 0 Å². The summed E-state index contributed by atoms with van der Waals surface area (Å²) in [6, 6.07) is 9.67. The molecule has 0 saturated carbocycles. The van der Waals surface area contributed by atoms with Gasteiger partial charge in [0.2, 0.25) is 11.8 Å². The van der Waals surface area contributed by atoms with Gasteiger partial charge in [0.05, 0.1) is 6.21 Å². The van der Waals surface area contributed by atoms with Crippen molar-refractivity contribution >= 4 is 35.1 Å². The van der Waals surface area contributed by atoms with Crippen LogP contribution < -0.4 is 10.7 Å². The summed E-state index contributed by atoms with van der Waals surface area (Å²) in [5.41, 5.74) is 5.27. The number of benzene rings is 1. The summed E-state index contributed by atoms with van der Waals surface area (Å²) in [6.07, 6.45) is 1.80. The number of anilines is 1. The predicted molar refractivity (Wildman–Crippen MR) is 93.8 cm³/mol. The topological polar surface area (TPSA) is 70.6 Å². The van der Waals surface area contributed by atoms with Crippen LogP contribution in [0.1, 0.15) is 28.8 Å². The van der Waals surface area contributed by atoms with E-state index in [1.165, 1.54) is 11.3 Å². The zero-order chi connectivity index (χ0) is 16.7. The van der Waals surface area contributed by atoms with Gasteiger partial charge in [-0.05, 0) is 42.5 Å². The van der Waals surface area contributed by atoms with E-state index in [0.29, 0.717) is 0 Å². The Morgan fingerprint density at radius 3 is 2.70 bits per heavy atom. The van der Waals surface area contributed by atoms with Crippen molar-refractivity contribution in [2.75, 3.05) is 5.32 Å². The molecule has 120 valence electrons. The Balaban J connectivity index is 1.75. The monoisotopic (exact) mass is 329 g/mol. The summed E-state index contributed by atoms with van der Waals surface area (Å²) in [5, 5.41) is 8.62. The van der Waals surface area contributed by atoms with Crippen molar-refractivity contribution in [3.63, 3.8) is 0 Å². The van der Waals surface area contributed by atoms with Gasteiger partial charge in [-0.2, -0.15) is 5.10 Å². The first-order valence-electron chi connectivity index (χ1n) is 7.27. The van der Waals surface area contributed by atoms with Gasteiger partial charge in [0.15, 0.2) is 0 Å². The third kappa shape index (κ3) is 5.67. The maximum absolute atomic E-state index is 11.9. The number of carbonyl (C=O) groups is 2. The van der Waals surface area contributed by atoms with E-state index >= 15 is 0 Å². The third-order valence-corrected chi connectivity index (χ3v) is 3.98. The van der Waals surface area contributed by atoms with E-state index in [0.717, 1.165) is 21.7 Å². The summed E-state index contributed by atoms with van der Waals surface area (Å²) in [7, 11) is 0. The number of hydrogen-bond donors (Lipinski definition) is 2. The highest BCUT2D eigenvalue weighted by atomic mass is 32.1. The van der Waals surface area contributed by atoms with Crippen LogP contribution in [0.15, 0.2) is 40.8 Å². The van der Waals surface area contributed by atoms with Gasteiger partial charge >= 0.3 is 0 Å². The summed E-state index contributed by atoms with van der Waals surface area (Å²) >= 11 is 1.53. The number of nitrogens with zero attached hydrogens (tertiary/aromatic N) is 1. The maximum atomic E-state index is 11.9. The van der Waals surface area contributed by atoms with Crippen LogP contribution in [0.3, 0.4) is 0 Å². The lowest BCUT2D eigenvalue weighted by Gasteiger charge is -2.09. The fraction of sp³-hybridized carbons (Fsp3) is 0.235. The molecule has 1 aromatic carbocycles. The van der Waals surface area contributed by atoms with Crippen LogP contribution in [-0.4, -0.2) is 18.0 Å². The molecule has 1 aromatic heterocycles. The second-order valence-electron chi connectivity index (χ2n) is 5.18. The highest BCUT2D eigenvalue weighted by Gasteiger charge is 2.08. The van der Waals surface area contributed by atoms with Crippen LogP contribution >= 0.6 is 11.3 Å². The Morgan fingerprint density at radius 2 is 1.96 bits per heavy atom. The minimum Gasteiger partial charge on any atom is -0.326 e. The molecular formula is C17H19N3O2S. The molecule has 0 saturated heterocycles. The van der Waals surface area contributed by atoms with E-state index in [4.69, 9.17) is 0 Å². The minimum atomic E-state index is -0.283. The average molecular weight is 329 g/mol. The minimum absolute atomic E-state index is 0.0957. The van der Waals surface area contributed by atoms with Gasteiger partial charge in [0.25, 0.3) is 0 Å².